The van der Waals surface area contributed by atoms with Crippen molar-refractivity contribution < 1.29 is 4.74 Å². The molecule has 5 nitrogen and oxygen atoms in total. The summed E-state index contributed by atoms with van der Waals surface area (Å²) in [5.74, 6) is 0.390. The number of methoxy groups -OCH3 is 1. The molecule has 0 aliphatic rings. The third-order valence-corrected chi connectivity index (χ3v) is 2.69. The molecule has 0 saturated carbocycles. The van der Waals surface area contributed by atoms with Gasteiger partial charge in [-0.05, 0) is 24.3 Å². The molecule has 0 fully saturated rings. The number of rotatable bonds is 5. The summed E-state index contributed by atoms with van der Waals surface area (Å²) in [5.41, 5.74) is 14.1. The molecular weight excluding hydrogens is 252 g/mol. The number of aliphatic imine (C=N–C) groups is 1. The maximum Gasteiger partial charge on any atom is 0.125 e. The number of nitrogens with two attached hydrogens (primary N) is 2. The van der Waals surface area contributed by atoms with Crippen molar-refractivity contribution in [1.29, 1.82) is 0 Å². The van der Waals surface area contributed by atoms with Gasteiger partial charge in [-0.1, -0.05) is 26.8 Å². The minimum absolute atomic E-state index is 0.123. The first-order valence-electron chi connectivity index (χ1n) is 6.47. The van der Waals surface area contributed by atoms with E-state index in [0.29, 0.717) is 18.3 Å². The number of ether oxygens (including phenoxy) is 1. The molecule has 1 rings (SSSR count). The van der Waals surface area contributed by atoms with Gasteiger partial charge in [0.25, 0.3) is 0 Å². The van der Waals surface area contributed by atoms with E-state index in [1.165, 1.54) is 0 Å². The summed E-state index contributed by atoms with van der Waals surface area (Å²) in [5, 5.41) is 3.10. The van der Waals surface area contributed by atoms with Gasteiger partial charge in [0.1, 0.15) is 12.6 Å². The smallest absolute Gasteiger partial charge is 0.125 e. The number of benzene rings is 1. The van der Waals surface area contributed by atoms with Crippen molar-refractivity contribution in [2.24, 2.45) is 21.9 Å². The molecule has 1 aromatic rings. The number of nitrogens with zero attached hydrogens (tertiary/aromatic N) is 1. The Morgan fingerprint density at radius 1 is 1.35 bits per heavy atom. The standard InChI is InChI=1S/C15H24N4O/c1-15(2,3)13(16)9-14(17)19-12-7-5-6-11(8-12)18-10-20-4/h5-9,18H,10,16H2,1-4H3,(H2,17,19)/b13-9-. The highest BCUT2D eigenvalue weighted by molar-refractivity contribution is 5.94. The number of nitrogens with one attached hydrogen (secondary N) is 1. The van der Waals surface area contributed by atoms with Crippen molar-refractivity contribution in [2.75, 3.05) is 19.2 Å². The number of allylic oxidation sites excluding steroid dienone is 1. The first-order chi connectivity index (χ1) is 9.32. The van der Waals surface area contributed by atoms with Crippen LogP contribution in [0.3, 0.4) is 0 Å². The normalized spacial score (nSPS) is 13.4. The fraction of sp³-hybridized carbons (Fsp3) is 0.400. The Morgan fingerprint density at radius 3 is 2.65 bits per heavy atom. The number of anilines is 1. The van der Waals surface area contributed by atoms with Crippen molar-refractivity contribution in [2.45, 2.75) is 20.8 Å². The lowest BCUT2D eigenvalue weighted by Crippen LogP contribution is -2.20. The molecule has 1 aromatic carbocycles. The second-order valence-corrected chi connectivity index (χ2v) is 5.55. The van der Waals surface area contributed by atoms with Gasteiger partial charge in [-0.2, -0.15) is 0 Å². The molecule has 0 atom stereocenters. The highest BCUT2D eigenvalue weighted by Gasteiger charge is 2.13. The van der Waals surface area contributed by atoms with Crippen molar-refractivity contribution in [1.82, 2.24) is 0 Å². The second-order valence-electron chi connectivity index (χ2n) is 5.55. The maximum atomic E-state index is 5.97. The average Bonchev–Trinajstić information content (AvgIpc) is 2.35. The molecule has 0 unspecified atom stereocenters. The van der Waals surface area contributed by atoms with Crippen LogP contribution in [0.1, 0.15) is 20.8 Å². The van der Waals surface area contributed by atoms with Gasteiger partial charge < -0.3 is 21.5 Å². The second kappa shape index (κ2) is 6.96. The Kier molecular flexibility index (Phi) is 5.58. The molecule has 0 amide bonds. The van der Waals surface area contributed by atoms with Crippen LogP contribution < -0.4 is 16.8 Å². The lowest BCUT2D eigenvalue weighted by atomic mass is 9.92. The molecule has 0 bridgehead atoms. The Bertz CT molecular complexity index is 501. The van der Waals surface area contributed by atoms with Crippen molar-refractivity contribution >= 4 is 17.2 Å². The molecule has 0 heterocycles. The predicted molar refractivity (Wildman–Crippen MR) is 84.9 cm³/mol. The van der Waals surface area contributed by atoms with E-state index in [1.807, 2.05) is 45.0 Å². The van der Waals surface area contributed by atoms with Gasteiger partial charge in [0, 0.05) is 23.9 Å². The van der Waals surface area contributed by atoms with Crippen LogP contribution in [-0.2, 0) is 4.74 Å². The van der Waals surface area contributed by atoms with Gasteiger partial charge >= 0.3 is 0 Å². The molecule has 0 aromatic heterocycles. The van der Waals surface area contributed by atoms with E-state index in [4.69, 9.17) is 16.2 Å². The van der Waals surface area contributed by atoms with E-state index in [2.05, 4.69) is 10.3 Å². The van der Waals surface area contributed by atoms with Gasteiger partial charge in [-0.15, -0.1) is 0 Å². The minimum atomic E-state index is -0.123. The maximum absolute atomic E-state index is 5.97. The third kappa shape index (κ3) is 5.32. The summed E-state index contributed by atoms with van der Waals surface area (Å²) in [6.45, 7) is 6.53. The van der Waals surface area contributed by atoms with Crippen LogP contribution in [0.25, 0.3) is 0 Å². The summed E-state index contributed by atoms with van der Waals surface area (Å²) in [6, 6.07) is 7.62. The van der Waals surface area contributed by atoms with Crippen molar-refractivity contribution in [3.8, 4) is 0 Å². The fourth-order valence-corrected chi connectivity index (χ4v) is 1.40. The van der Waals surface area contributed by atoms with Crippen LogP contribution >= 0.6 is 0 Å². The van der Waals surface area contributed by atoms with E-state index >= 15 is 0 Å². The Balaban J connectivity index is 2.88. The molecule has 20 heavy (non-hydrogen) atoms. The van der Waals surface area contributed by atoms with Crippen LogP contribution in [0.15, 0.2) is 41.0 Å². The zero-order chi connectivity index (χ0) is 15.2. The number of amidine groups is 1. The SMILES string of the molecule is COCNc1cccc(N=C(N)/C=C(\N)C(C)(C)C)c1. The van der Waals surface area contributed by atoms with E-state index in [0.717, 1.165) is 11.4 Å². The Hall–Kier alpha value is -2.01. The monoisotopic (exact) mass is 276 g/mol. The van der Waals surface area contributed by atoms with Crippen LogP contribution in [0.5, 0.6) is 0 Å². The molecule has 0 saturated heterocycles. The molecule has 110 valence electrons. The molecule has 0 radical (unpaired) electrons. The van der Waals surface area contributed by atoms with E-state index in [1.54, 1.807) is 13.2 Å². The summed E-state index contributed by atoms with van der Waals surface area (Å²) in [6.07, 6.45) is 1.70. The first kappa shape index (κ1) is 16.0. The quantitative estimate of drug-likeness (QED) is 0.438. The zero-order valence-corrected chi connectivity index (χ0v) is 12.6. The highest BCUT2D eigenvalue weighted by Crippen LogP contribution is 2.21. The van der Waals surface area contributed by atoms with Crippen LogP contribution in [0.4, 0.5) is 11.4 Å². The summed E-state index contributed by atoms with van der Waals surface area (Å²) < 4.78 is 4.96. The molecule has 0 spiro atoms. The summed E-state index contributed by atoms with van der Waals surface area (Å²) in [4.78, 5) is 4.34. The zero-order valence-electron chi connectivity index (χ0n) is 12.6. The molecule has 5 N–H and O–H groups in total. The predicted octanol–water partition coefficient (Wildman–Crippen LogP) is 2.58. The average molecular weight is 276 g/mol. The first-order valence-corrected chi connectivity index (χ1v) is 6.47. The van der Waals surface area contributed by atoms with Crippen LogP contribution in [-0.4, -0.2) is 19.7 Å². The number of hydrogen-bond acceptors (Lipinski definition) is 4. The third-order valence-electron chi connectivity index (χ3n) is 2.69. The van der Waals surface area contributed by atoms with E-state index in [9.17, 15) is 0 Å². The Morgan fingerprint density at radius 2 is 2.05 bits per heavy atom. The van der Waals surface area contributed by atoms with Gasteiger partial charge in [-0.25, -0.2) is 4.99 Å². The van der Waals surface area contributed by atoms with E-state index in [-0.39, 0.29) is 5.41 Å². The van der Waals surface area contributed by atoms with Crippen LogP contribution in [0.2, 0.25) is 0 Å². The Labute approximate surface area is 120 Å². The molecule has 0 aliphatic carbocycles. The van der Waals surface area contributed by atoms with Gasteiger partial charge in [0.05, 0.1) is 5.69 Å². The van der Waals surface area contributed by atoms with Crippen molar-refractivity contribution in [3.05, 3.63) is 36.0 Å². The van der Waals surface area contributed by atoms with Gasteiger partial charge in [0.2, 0.25) is 0 Å². The highest BCUT2D eigenvalue weighted by atomic mass is 16.5. The molecule has 5 heteroatoms. The summed E-state index contributed by atoms with van der Waals surface area (Å²) in [7, 11) is 1.63. The topological polar surface area (TPSA) is 85.7 Å². The van der Waals surface area contributed by atoms with Crippen molar-refractivity contribution in [3.63, 3.8) is 0 Å². The minimum Gasteiger partial charge on any atom is -0.401 e. The lowest BCUT2D eigenvalue weighted by molar-refractivity contribution is 0.221. The largest absolute Gasteiger partial charge is 0.401 e. The summed E-state index contributed by atoms with van der Waals surface area (Å²) >= 11 is 0. The number of hydrogen-bond donors (Lipinski definition) is 3. The van der Waals surface area contributed by atoms with Crippen LogP contribution in [0, 0.1) is 5.41 Å². The fourth-order valence-electron chi connectivity index (χ4n) is 1.40. The molecular formula is C15H24N4O. The molecule has 0 aliphatic heterocycles. The van der Waals surface area contributed by atoms with Gasteiger partial charge in [0.15, 0.2) is 0 Å². The van der Waals surface area contributed by atoms with Gasteiger partial charge in [-0.3, -0.25) is 0 Å². The lowest BCUT2D eigenvalue weighted by Gasteiger charge is -2.18. The van der Waals surface area contributed by atoms with E-state index < -0.39 is 0 Å².